The van der Waals surface area contributed by atoms with Gasteiger partial charge in [0.2, 0.25) is 0 Å². The van der Waals surface area contributed by atoms with Crippen LogP contribution >= 0.6 is 24.8 Å². The Hall–Kier alpha value is -2.88. The first kappa shape index (κ1) is 28.4. The molecule has 4 rings (SSSR count). The fourth-order valence-corrected chi connectivity index (χ4v) is 4.09. The minimum absolute atomic E-state index is 0. The normalized spacial score (nSPS) is 17.3. The van der Waals surface area contributed by atoms with Crippen molar-refractivity contribution < 1.29 is 22.4 Å². The Morgan fingerprint density at radius 2 is 1.66 bits per heavy atom. The van der Waals surface area contributed by atoms with Gasteiger partial charge in [-0.25, -0.2) is 17.6 Å². The van der Waals surface area contributed by atoms with Gasteiger partial charge in [-0.05, 0) is 50.1 Å². The van der Waals surface area contributed by atoms with Crippen LogP contribution in [0.15, 0.2) is 48.8 Å². The summed E-state index contributed by atoms with van der Waals surface area (Å²) >= 11 is 0. The molecule has 1 aromatic heterocycles. The number of amides is 1. The summed E-state index contributed by atoms with van der Waals surface area (Å²) in [6, 6.07) is 6.41. The number of rotatable bonds is 4. The van der Waals surface area contributed by atoms with Gasteiger partial charge in [0.05, 0.1) is 34.3 Å². The highest BCUT2D eigenvalue weighted by Crippen LogP contribution is 2.34. The summed E-state index contributed by atoms with van der Waals surface area (Å²) in [5, 5.41) is 2.59. The van der Waals surface area contributed by atoms with E-state index in [1.165, 1.54) is 6.20 Å². The Labute approximate surface area is 212 Å². The van der Waals surface area contributed by atoms with E-state index in [1.54, 1.807) is 12.3 Å². The molecule has 0 radical (unpaired) electrons. The van der Waals surface area contributed by atoms with Crippen LogP contribution in [0.2, 0.25) is 0 Å². The lowest BCUT2D eigenvalue weighted by Crippen LogP contribution is -2.47. The lowest BCUT2D eigenvalue weighted by Gasteiger charge is -2.39. The number of aromatic nitrogens is 1. The van der Waals surface area contributed by atoms with Gasteiger partial charge < -0.3 is 16.0 Å². The van der Waals surface area contributed by atoms with Crippen molar-refractivity contribution in [1.82, 2.24) is 4.98 Å². The molecule has 2 atom stereocenters. The lowest BCUT2D eigenvalue weighted by atomic mass is 9.99. The fourth-order valence-electron chi connectivity index (χ4n) is 4.09. The summed E-state index contributed by atoms with van der Waals surface area (Å²) in [4.78, 5) is 19.0. The molecule has 0 saturated carbocycles. The molecule has 2 aromatic carbocycles. The quantitative estimate of drug-likeness (QED) is 0.423. The smallest absolute Gasteiger partial charge is 0.258 e. The summed E-state index contributed by atoms with van der Waals surface area (Å²) in [5.41, 5.74) is 4.69. The molecule has 1 aliphatic heterocycles. The molecule has 35 heavy (non-hydrogen) atoms. The monoisotopic (exact) mass is 530 g/mol. The molecular weight excluding hydrogens is 507 g/mol. The summed E-state index contributed by atoms with van der Waals surface area (Å²) in [7, 11) is 0. The number of hydrogen-bond acceptors (Lipinski definition) is 4. The van der Waals surface area contributed by atoms with Crippen LogP contribution in [0.5, 0.6) is 0 Å². The van der Waals surface area contributed by atoms with Crippen molar-refractivity contribution in [2.24, 2.45) is 5.73 Å². The number of hydrogen-bond donors (Lipinski definition) is 2. The zero-order valence-corrected chi connectivity index (χ0v) is 20.2. The second kappa shape index (κ2) is 11.7. The Morgan fingerprint density at radius 1 is 1.00 bits per heavy atom. The van der Waals surface area contributed by atoms with Crippen LogP contribution in [0.1, 0.15) is 30.1 Å². The molecular formula is C24H24Cl2F4N4O. The molecule has 2 heterocycles. The predicted molar refractivity (Wildman–Crippen MR) is 132 cm³/mol. The van der Waals surface area contributed by atoms with E-state index in [0.717, 1.165) is 43.2 Å². The van der Waals surface area contributed by atoms with Gasteiger partial charge in [-0.15, -0.1) is 24.8 Å². The third kappa shape index (κ3) is 5.69. The Bertz CT molecular complexity index is 1190. The zero-order valence-electron chi connectivity index (χ0n) is 18.6. The zero-order chi connectivity index (χ0) is 23.7. The van der Waals surface area contributed by atoms with Crippen molar-refractivity contribution >= 4 is 42.1 Å². The molecule has 0 bridgehead atoms. The van der Waals surface area contributed by atoms with E-state index >= 15 is 4.39 Å². The van der Waals surface area contributed by atoms with Gasteiger partial charge in [-0.2, -0.15) is 0 Å². The second-order valence-electron chi connectivity index (χ2n) is 8.07. The van der Waals surface area contributed by atoms with E-state index in [4.69, 9.17) is 5.73 Å². The van der Waals surface area contributed by atoms with Gasteiger partial charge in [0.1, 0.15) is 23.3 Å². The SMILES string of the molecule is C[C@@H]1CC[C@H](N)CN1c1ccncc1NC(=O)c1ccc(F)c(-c2c(F)cccc2F)c1F.Cl.Cl. The van der Waals surface area contributed by atoms with Crippen LogP contribution in [0.25, 0.3) is 11.1 Å². The first-order valence-corrected chi connectivity index (χ1v) is 10.5. The minimum Gasteiger partial charge on any atom is -0.366 e. The Morgan fingerprint density at radius 3 is 2.34 bits per heavy atom. The highest BCUT2D eigenvalue weighted by molar-refractivity contribution is 6.06. The standard InChI is InChI=1S/C24H22F4N4O.2ClH/c1-13-5-6-14(29)12-32(13)20-9-10-30-11-19(20)31-24(33)15-7-8-18(27)22(23(15)28)21-16(25)3-2-4-17(21)26;;/h2-4,7-11,13-14H,5-6,12,29H2,1H3,(H,31,33);2*1H/t13-,14+;;/m1../s1. The maximum Gasteiger partial charge on any atom is 0.258 e. The van der Waals surface area contributed by atoms with Crippen LogP contribution in [-0.2, 0) is 0 Å². The van der Waals surface area contributed by atoms with Crippen molar-refractivity contribution in [1.29, 1.82) is 0 Å². The van der Waals surface area contributed by atoms with E-state index in [2.05, 4.69) is 10.3 Å². The molecule has 1 saturated heterocycles. The number of piperidine rings is 1. The molecule has 0 spiro atoms. The number of benzene rings is 2. The molecule has 11 heteroatoms. The minimum atomic E-state index is -1.37. The summed E-state index contributed by atoms with van der Waals surface area (Å²) in [6.45, 7) is 2.60. The first-order chi connectivity index (χ1) is 15.8. The average Bonchev–Trinajstić information content (AvgIpc) is 2.78. The maximum absolute atomic E-state index is 15.2. The highest BCUT2D eigenvalue weighted by Gasteiger charge is 2.27. The molecule has 1 aliphatic rings. The van der Waals surface area contributed by atoms with Crippen LogP contribution in [-0.4, -0.2) is 29.5 Å². The van der Waals surface area contributed by atoms with Gasteiger partial charge in [0.15, 0.2) is 0 Å². The summed E-state index contributed by atoms with van der Waals surface area (Å²) < 4.78 is 58.1. The number of carbonyl (C=O) groups is 1. The van der Waals surface area contributed by atoms with E-state index < -0.39 is 45.9 Å². The number of carbonyl (C=O) groups excluding carboxylic acids is 1. The predicted octanol–water partition coefficient (Wildman–Crippen LogP) is 5.72. The van der Waals surface area contributed by atoms with Crippen LogP contribution < -0.4 is 16.0 Å². The average molecular weight is 531 g/mol. The molecule has 188 valence electrons. The van der Waals surface area contributed by atoms with Crippen molar-refractivity contribution in [3.8, 4) is 11.1 Å². The van der Waals surface area contributed by atoms with Crippen molar-refractivity contribution in [3.63, 3.8) is 0 Å². The lowest BCUT2D eigenvalue weighted by molar-refractivity contribution is 0.102. The largest absolute Gasteiger partial charge is 0.366 e. The van der Waals surface area contributed by atoms with E-state index in [1.807, 2.05) is 11.8 Å². The highest BCUT2D eigenvalue weighted by atomic mass is 35.5. The second-order valence-corrected chi connectivity index (χ2v) is 8.07. The first-order valence-electron chi connectivity index (χ1n) is 10.5. The van der Waals surface area contributed by atoms with Crippen molar-refractivity contribution in [2.75, 3.05) is 16.8 Å². The topological polar surface area (TPSA) is 71.2 Å². The molecule has 0 aliphatic carbocycles. The van der Waals surface area contributed by atoms with Gasteiger partial charge in [-0.3, -0.25) is 9.78 Å². The number of anilines is 2. The van der Waals surface area contributed by atoms with Gasteiger partial charge in [0.25, 0.3) is 5.91 Å². The van der Waals surface area contributed by atoms with Gasteiger partial charge in [0, 0.05) is 24.8 Å². The number of nitrogens with two attached hydrogens (primary N) is 1. The van der Waals surface area contributed by atoms with Crippen molar-refractivity contribution in [2.45, 2.75) is 31.8 Å². The van der Waals surface area contributed by atoms with Crippen molar-refractivity contribution in [3.05, 3.63) is 77.6 Å². The molecule has 5 nitrogen and oxygen atoms in total. The number of pyridine rings is 1. The number of halogens is 6. The summed E-state index contributed by atoms with van der Waals surface area (Å²) in [6.07, 6.45) is 4.72. The summed E-state index contributed by atoms with van der Waals surface area (Å²) in [5.74, 6) is -5.75. The maximum atomic E-state index is 15.2. The molecule has 3 N–H and O–H groups in total. The third-order valence-corrected chi connectivity index (χ3v) is 5.82. The molecule has 3 aromatic rings. The third-order valence-electron chi connectivity index (χ3n) is 5.82. The molecule has 1 fully saturated rings. The van der Waals surface area contributed by atoms with E-state index in [-0.39, 0.29) is 36.9 Å². The van der Waals surface area contributed by atoms with E-state index in [9.17, 15) is 18.0 Å². The number of nitrogens with zero attached hydrogens (tertiary/aromatic N) is 2. The Balaban J connectivity index is 0.00000216. The van der Waals surface area contributed by atoms with Crippen LogP contribution in [0, 0.1) is 23.3 Å². The van der Waals surface area contributed by atoms with Gasteiger partial charge in [-0.1, -0.05) is 6.07 Å². The molecule has 1 amide bonds. The van der Waals surface area contributed by atoms with Gasteiger partial charge >= 0.3 is 0 Å². The fraction of sp³-hybridized carbons (Fsp3) is 0.250. The Kier molecular flexibility index (Phi) is 9.48. The van der Waals surface area contributed by atoms with E-state index in [0.29, 0.717) is 17.9 Å². The molecule has 0 unspecified atom stereocenters. The number of nitrogens with one attached hydrogen (secondary N) is 1. The van der Waals surface area contributed by atoms with Crippen LogP contribution in [0.3, 0.4) is 0 Å². The van der Waals surface area contributed by atoms with Crippen LogP contribution in [0.4, 0.5) is 28.9 Å².